The van der Waals surface area contributed by atoms with Gasteiger partial charge in [-0.05, 0) is 56.4 Å². The van der Waals surface area contributed by atoms with E-state index < -0.39 is 0 Å². The van der Waals surface area contributed by atoms with Crippen molar-refractivity contribution >= 4 is 49.4 Å². The van der Waals surface area contributed by atoms with E-state index >= 15 is 0 Å². The molecule has 0 radical (unpaired) electrons. The third kappa shape index (κ3) is 15.8. The number of ether oxygens (including phenoxy) is 1. The molecule has 0 bridgehead atoms. The van der Waals surface area contributed by atoms with Crippen molar-refractivity contribution in [3.63, 3.8) is 0 Å². The smallest absolute Gasteiger partial charge is 0.142 e. The van der Waals surface area contributed by atoms with Crippen LogP contribution in [0.1, 0.15) is 25.7 Å². The van der Waals surface area contributed by atoms with Crippen LogP contribution in [-0.2, 0) is 53.1 Å². The Kier molecular flexibility index (Phi) is 17.0. The molecule has 4 rings (SSSR count). The van der Waals surface area contributed by atoms with Gasteiger partial charge in [-0.1, -0.05) is 0 Å². The zero-order valence-corrected chi connectivity index (χ0v) is 22.0. The highest BCUT2D eigenvalue weighted by molar-refractivity contribution is 7.97. The summed E-state index contributed by atoms with van der Waals surface area (Å²) in [5.74, 6) is 11.2. The molecule has 0 aliphatic carbocycles. The lowest BCUT2D eigenvalue weighted by atomic mass is 10.2. The van der Waals surface area contributed by atoms with Gasteiger partial charge in [-0.3, -0.25) is 4.79 Å². The number of hydrogen-bond acceptors (Lipinski definition) is 3. The highest BCUT2D eigenvalue weighted by Gasteiger charge is 2.21. The predicted octanol–water partition coefficient (Wildman–Crippen LogP) is 1.73. The van der Waals surface area contributed by atoms with Gasteiger partial charge in [0.05, 0.1) is 51.1 Å². The fourth-order valence-electron chi connectivity index (χ4n) is 2.93. The molecule has 0 saturated carbocycles. The van der Waals surface area contributed by atoms with Gasteiger partial charge in [0.1, 0.15) is 51.8 Å². The molecule has 7 heteroatoms. The van der Waals surface area contributed by atoms with Crippen molar-refractivity contribution in [1.82, 2.24) is 5.32 Å². The Morgan fingerprint density at radius 2 is 1.07 bits per heavy atom. The monoisotopic (exact) mass is 471 g/mol. The van der Waals surface area contributed by atoms with Crippen LogP contribution in [0.25, 0.3) is 0 Å². The number of Topliss-reactive ketones (excluding diaryl/α,β-unsaturated/α-hetero) is 1. The fourth-order valence-corrected chi connectivity index (χ4v) is 8.08. The molecule has 4 saturated heterocycles. The van der Waals surface area contributed by atoms with Crippen LogP contribution < -0.4 is 5.32 Å². The first kappa shape index (κ1) is 27.0. The second-order valence-corrected chi connectivity index (χ2v) is 17.4. The lowest BCUT2D eigenvalue weighted by Crippen LogP contribution is -2.35. The molecule has 4 aliphatic rings. The molecule has 28 heavy (non-hydrogen) atoms. The topological polar surface area (TPSA) is 38.3 Å². The Bertz CT molecular complexity index is 357. The molecule has 0 amide bonds. The summed E-state index contributed by atoms with van der Waals surface area (Å²) in [6.45, 7) is 4.50. The van der Waals surface area contributed by atoms with E-state index in [0.29, 0.717) is 27.6 Å². The van der Waals surface area contributed by atoms with Crippen molar-refractivity contribution in [3.8, 4) is 0 Å². The van der Waals surface area contributed by atoms with Gasteiger partial charge in [-0.2, -0.15) is 0 Å². The van der Waals surface area contributed by atoms with Crippen molar-refractivity contribution in [3.05, 3.63) is 0 Å². The largest absolute Gasteiger partial charge is 0.372 e. The summed E-state index contributed by atoms with van der Waals surface area (Å²) >= 11 is 0. The standard InChI is InChI=1S/C6H11OS.C5H12NS.C5H11OS.C5H11S/c1-8-4-2-6(7)3-5-8;2*1-7-4-2-6-3-5-7;1-6-4-2-3-5-6/h2-5H2,1H3;6H,2-5H2,1H3;2-5H2,1H3;2-5H2,1H3/q4*+1. The van der Waals surface area contributed by atoms with Crippen molar-refractivity contribution in [1.29, 1.82) is 0 Å². The van der Waals surface area contributed by atoms with E-state index in [1.807, 2.05) is 0 Å². The van der Waals surface area contributed by atoms with Gasteiger partial charge in [0.25, 0.3) is 0 Å². The van der Waals surface area contributed by atoms with E-state index in [1.165, 1.54) is 60.4 Å². The van der Waals surface area contributed by atoms with E-state index in [-0.39, 0.29) is 0 Å². The molecular weight excluding hydrogens is 427 g/mol. The quantitative estimate of drug-likeness (QED) is 0.547. The zero-order chi connectivity index (χ0) is 20.6. The number of carbonyl (C=O) groups excluding carboxylic acids is 1. The Morgan fingerprint density at radius 1 is 0.643 bits per heavy atom. The molecule has 4 heterocycles. The van der Waals surface area contributed by atoms with Crippen LogP contribution in [-0.4, -0.2) is 103 Å². The Balaban J connectivity index is 0.000000188. The van der Waals surface area contributed by atoms with Gasteiger partial charge in [-0.15, -0.1) is 0 Å². The van der Waals surface area contributed by atoms with Crippen LogP contribution in [0, 0.1) is 0 Å². The van der Waals surface area contributed by atoms with Crippen LogP contribution in [0.4, 0.5) is 0 Å². The SMILES string of the molecule is C[S+]1CCC(=O)CC1.C[S+]1CCCC1.C[S+]1CCNCC1.C[S+]1CCOCC1. The maximum atomic E-state index is 10.6. The van der Waals surface area contributed by atoms with Gasteiger partial charge in [0.15, 0.2) is 0 Å². The highest BCUT2D eigenvalue weighted by Crippen LogP contribution is 2.09. The molecule has 0 atom stereocenters. The Hall–Kier alpha value is 0.990. The van der Waals surface area contributed by atoms with Crippen molar-refractivity contribution < 1.29 is 9.53 Å². The first-order chi connectivity index (χ1) is 13.5. The summed E-state index contributed by atoms with van der Waals surface area (Å²) < 4.78 is 5.15. The summed E-state index contributed by atoms with van der Waals surface area (Å²) in [5.41, 5.74) is 0. The molecule has 0 spiro atoms. The van der Waals surface area contributed by atoms with Crippen LogP contribution in [0.2, 0.25) is 0 Å². The Labute approximate surface area is 186 Å². The third-order valence-corrected chi connectivity index (χ3v) is 12.4. The molecule has 1 N–H and O–H groups in total. The number of rotatable bonds is 0. The summed E-state index contributed by atoms with van der Waals surface area (Å²) in [5, 5.41) is 3.32. The van der Waals surface area contributed by atoms with Gasteiger partial charge in [-0.25, -0.2) is 0 Å². The third-order valence-electron chi connectivity index (χ3n) is 5.10. The number of carbonyl (C=O) groups is 1. The summed E-state index contributed by atoms with van der Waals surface area (Å²) in [4.78, 5) is 10.6. The molecule has 0 aromatic rings. The summed E-state index contributed by atoms with van der Waals surface area (Å²) in [7, 11) is 2.83. The molecular formula is C21H45NO2S4+4. The summed E-state index contributed by atoms with van der Waals surface area (Å²) in [6.07, 6.45) is 14.0. The van der Waals surface area contributed by atoms with Gasteiger partial charge in [0, 0.05) is 13.1 Å². The average molecular weight is 472 g/mol. The van der Waals surface area contributed by atoms with Gasteiger partial charge in [0.2, 0.25) is 0 Å². The normalized spacial score (nSPS) is 24.9. The van der Waals surface area contributed by atoms with Crippen LogP contribution >= 0.6 is 0 Å². The number of nitrogens with one attached hydrogen (secondary N) is 1. The van der Waals surface area contributed by atoms with Crippen molar-refractivity contribution in [2.75, 3.05) is 97.3 Å². The fraction of sp³-hybridized carbons (Fsp3) is 0.952. The molecule has 0 aromatic carbocycles. The Morgan fingerprint density at radius 3 is 1.36 bits per heavy atom. The van der Waals surface area contributed by atoms with E-state index in [4.69, 9.17) is 4.74 Å². The maximum Gasteiger partial charge on any atom is 0.142 e. The van der Waals surface area contributed by atoms with Gasteiger partial charge < -0.3 is 10.1 Å². The number of hydrogen-bond donors (Lipinski definition) is 1. The van der Waals surface area contributed by atoms with Crippen molar-refractivity contribution in [2.24, 2.45) is 0 Å². The molecule has 3 nitrogen and oxygen atoms in total. The predicted molar refractivity (Wildman–Crippen MR) is 139 cm³/mol. The van der Waals surface area contributed by atoms with Crippen LogP contribution in [0.5, 0.6) is 0 Å². The first-order valence-electron chi connectivity index (χ1n) is 10.6. The minimum absolute atomic E-state index is 0.468. The molecule has 0 unspecified atom stereocenters. The molecule has 0 aromatic heterocycles. The van der Waals surface area contributed by atoms with E-state index in [0.717, 1.165) is 59.4 Å². The molecule has 4 fully saturated rings. The lowest BCUT2D eigenvalue weighted by molar-refractivity contribution is -0.118. The average Bonchev–Trinajstić information content (AvgIpc) is 3.18. The van der Waals surface area contributed by atoms with Crippen molar-refractivity contribution in [2.45, 2.75) is 25.7 Å². The minimum Gasteiger partial charge on any atom is -0.372 e. The molecule has 4 aliphatic heterocycles. The van der Waals surface area contributed by atoms with E-state index in [1.54, 1.807) is 0 Å². The highest BCUT2D eigenvalue weighted by atomic mass is 32.2. The van der Waals surface area contributed by atoms with E-state index in [9.17, 15) is 4.79 Å². The van der Waals surface area contributed by atoms with Gasteiger partial charge >= 0.3 is 0 Å². The first-order valence-corrected chi connectivity index (χ1v) is 18.5. The summed E-state index contributed by atoms with van der Waals surface area (Å²) in [6, 6.07) is 0. The second-order valence-electron chi connectivity index (χ2n) is 7.87. The minimum atomic E-state index is 0.468. The van der Waals surface area contributed by atoms with Crippen LogP contribution in [0.15, 0.2) is 0 Å². The second kappa shape index (κ2) is 17.6. The van der Waals surface area contributed by atoms with E-state index in [2.05, 4.69) is 30.3 Å². The molecule has 166 valence electrons. The number of ketones is 1. The maximum absolute atomic E-state index is 10.6. The lowest BCUT2D eigenvalue weighted by Gasteiger charge is -2.09. The van der Waals surface area contributed by atoms with Crippen LogP contribution in [0.3, 0.4) is 0 Å². The zero-order valence-electron chi connectivity index (χ0n) is 18.8.